The van der Waals surface area contributed by atoms with Crippen LogP contribution in [0.5, 0.6) is 0 Å². The zero-order chi connectivity index (χ0) is 19.0. The number of benzene rings is 1. The van der Waals surface area contributed by atoms with E-state index in [-0.39, 0.29) is 5.56 Å². The molecule has 0 atom stereocenters. The molecule has 3 aromatic rings. The lowest BCUT2D eigenvalue weighted by molar-refractivity contribution is 0.289. The summed E-state index contributed by atoms with van der Waals surface area (Å²) in [6.45, 7) is 9.95. The van der Waals surface area contributed by atoms with Gasteiger partial charge in [-0.05, 0) is 44.8 Å². The molecule has 0 fully saturated rings. The van der Waals surface area contributed by atoms with Crippen LogP contribution in [-0.2, 0) is 19.4 Å². The average molecular weight is 382 g/mol. The predicted octanol–water partition coefficient (Wildman–Crippen LogP) is 4.26. The monoisotopic (exact) mass is 381 g/mol. The molecule has 0 saturated heterocycles. The Kier molecular flexibility index (Phi) is 5.15. The normalized spacial score (nSPS) is 13.6. The van der Waals surface area contributed by atoms with E-state index in [2.05, 4.69) is 49.9 Å². The second-order valence-corrected chi connectivity index (χ2v) is 8.41. The summed E-state index contributed by atoms with van der Waals surface area (Å²) >= 11 is 1.72. The maximum atomic E-state index is 13.5. The van der Waals surface area contributed by atoms with Gasteiger partial charge in [0.25, 0.3) is 5.56 Å². The van der Waals surface area contributed by atoms with Gasteiger partial charge in [-0.2, -0.15) is 0 Å². The summed E-state index contributed by atoms with van der Waals surface area (Å²) in [5.74, 6) is 0.805. The van der Waals surface area contributed by atoms with Gasteiger partial charge in [0.1, 0.15) is 10.7 Å². The first-order valence-electron chi connectivity index (χ1n) is 9.96. The first-order valence-corrected chi connectivity index (χ1v) is 10.8. The highest BCUT2D eigenvalue weighted by molar-refractivity contribution is 7.18. The number of hydrogen-bond donors (Lipinski definition) is 0. The molecule has 0 spiro atoms. The van der Waals surface area contributed by atoms with Gasteiger partial charge in [0.2, 0.25) is 0 Å². The Labute approximate surface area is 164 Å². The minimum absolute atomic E-state index is 0.141. The highest BCUT2D eigenvalue weighted by atomic mass is 32.1. The molecule has 2 aromatic heterocycles. The molecule has 1 aromatic carbocycles. The molecule has 0 amide bonds. The van der Waals surface area contributed by atoms with Gasteiger partial charge >= 0.3 is 0 Å². The quantitative estimate of drug-likeness (QED) is 0.640. The molecule has 4 rings (SSSR count). The summed E-state index contributed by atoms with van der Waals surface area (Å²) in [4.78, 5) is 23.1. The molecular weight excluding hydrogens is 354 g/mol. The first kappa shape index (κ1) is 18.4. The lowest BCUT2D eigenvalue weighted by Crippen LogP contribution is -2.32. The fourth-order valence-corrected chi connectivity index (χ4v) is 5.24. The zero-order valence-corrected chi connectivity index (χ0v) is 17.2. The Bertz CT molecular complexity index is 1010. The van der Waals surface area contributed by atoms with Gasteiger partial charge in [-0.1, -0.05) is 43.7 Å². The van der Waals surface area contributed by atoms with Crippen LogP contribution in [0.3, 0.4) is 0 Å². The molecule has 2 heterocycles. The number of nitrogens with zero attached hydrogens (tertiary/aromatic N) is 3. The molecule has 142 valence electrons. The molecule has 0 unspecified atom stereocenters. The van der Waals surface area contributed by atoms with Crippen LogP contribution in [0, 0.1) is 6.92 Å². The third kappa shape index (κ3) is 3.34. The van der Waals surface area contributed by atoms with Gasteiger partial charge in [0.15, 0.2) is 0 Å². The maximum Gasteiger partial charge on any atom is 0.262 e. The van der Waals surface area contributed by atoms with Crippen molar-refractivity contribution in [2.45, 2.75) is 46.6 Å². The number of aryl methyl sites for hydroxylation is 3. The summed E-state index contributed by atoms with van der Waals surface area (Å²) in [6, 6.07) is 8.35. The van der Waals surface area contributed by atoms with Gasteiger partial charge in [-0.25, -0.2) is 4.98 Å². The van der Waals surface area contributed by atoms with E-state index in [0.29, 0.717) is 6.54 Å². The molecule has 0 radical (unpaired) electrons. The Hall–Kier alpha value is -1.98. The van der Waals surface area contributed by atoms with Crippen molar-refractivity contribution in [3.63, 3.8) is 0 Å². The van der Waals surface area contributed by atoms with Crippen molar-refractivity contribution in [1.82, 2.24) is 14.5 Å². The molecule has 1 aliphatic carbocycles. The second-order valence-electron chi connectivity index (χ2n) is 7.32. The van der Waals surface area contributed by atoms with Crippen LogP contribution in [-0.4, -0.2) is 34.1 Å². The van der Waals surface area contributed by atoms with Crippen LogP contribution in [0.4, 0.5) is 0 Å². The lowest BCUT2D eigenvalue weighted by Gasteiger charge is -2.20. The fourth-order valence-electron chi connectivity index (χ4n) is 3.99. The molecule has 0 bridgehead atoms. The van der Waals surface area contributed by atoms with Crippen LogP contribution in [0.2, 0.25) is 0 Å². The van der Waals surface area contributed by atoms with E-state index >= 15 is 0 Å². The van der Waals surface area contributed by atoms with Crippen molar-refractivity contribution in [1.29, 1.82) is 0 Å². The average Bonchev–Trinajstić information content (AvgIpc) is 3.25. The summed E-state index contributed by atoms with van der Waals surface area (Å²) in [7, 11) is 0. The van der Waals surface area contributed by atoms with Gasteiger partial charge in [0.05, 0.1) is 5.39 Å². The molecule has 0 N–H and O–H groups in total. The third-order valence-corrected chi connectivity index (χ3v) is 6.85. The highest BCUT2D eigenvalue weighted by Gasteiger charge is 2.23. The van der Waals surface area contributed by atoms with Gasteiger partial charge < -0.3 is 4.90 Å². The van der Waals surface area contributed by atoms with Gasteiger partial charge in [0, 0.05) is 23.5 Å². The van der Waals surface area contributed by atoms with Gasteiger partial charge in [-0.3, -0.25) is 9.36 Å². The Balaban J connectivity index is 1.87. The predicted molar refractivity (Wildman–Crippen MR) is 114 cm³/mol. The number of hydrogen-bond acceptors (Lipinski definition) is 4. The number of fused-ring (bicyclic) bond motifs is 3. The van der Waals surface area contributed by atoms with E-state index < -0.39 is 0 Å². The number of rotatable bonds is 6. The zero-order valence-electron chi connectivity index (χ0n) is 16.4. The lowest BCUT2D eigenvalue weighted by atomic mass is 10.1. The summed E-state index contributed by atoms with van der Waals surface area (Å²) in [5, 5.41) is 0.878. The van der Waals surface area contributed by atoms with E-state index in [1.807, 2.05) is 4.57 Å². The van der Waals surface area contributed by atoms with E-state index in [9.17, 15) is 4.79 Å². The number of aromatic nitrogens is 2. The van der Waals surface area contributed by atoms with Gasteiger partial charge in [-0.15, -0.1) is 11.3 Å². The number of likely N-dealkylation sites (N-methyl/N-ethyl adjacent to an activating group) is 1. The fraction of sp³-hybridized carbons (Fsp3) is 0.455. The van der Waals surface area contributed by atoms with Crippen LogP contribution in [0.15, 0.2) is 29.1 Å². The highest BCUT2D eigenvalue weighted by Crippen LogP contribution is 2.35. The van der Waals surface area contributed by atoms with Crippen molar-refractivity contribution in [2.24, 2.45) is 0 Å². The summed E-state index contributed by atoms with van der Waals surface area (Å²) in [5.41, 5.74) is 3.64. The van der Waals surface area contributed by atoms with Crippen LogP contribution >= 0.6 is 11.3 Å². The molecule has 0 saturated carbocycles. The van der Waals surface area contributed by atoms with E-state index in [4.69, 9.17) is 4.98 Å². The van der Waals surface area contributed by atoms with E-state index in [1.54, 1.807) is 11.3 Å². The molecule has 4 nitrogen and oxygen atoms in total. The molecule has 27 heavy (non-hydrogen) atoms. The maximum absolute atomic E-state index is 13.5. The van der Waals surface area contributed by atoms with Crippen molar-refractivity contribution >= 4 is 21.6 Å². The topological polar surface area (TPSA) is 38.1 Å². The smallest absolute Gasteiger partial charge is 0.262 e. The van der Waals surface area contributed by atoms with Crippen LogP contribution < -0.4 is 5.56 Å². The van der Waals surface area contributed by atoms with E-state index in [1.165, 1.54) is 16.0 Å². The SMILES string of the molecule is CCN(CC)CCn1c(-c2ccc(C)cc2)nc2sc3c(c2c1=O)CCC3. The van der Waals surface area contributed by atoms with Crippen LogP contribution in [0.25, 0.3) is 21.6 Å². The van der Waals surface area contributed by atoms with Crippen molar-refractivity contribution in [3.05, 3.63) is 50.6 Å². The van der Waals surface area contributed by atoms with E-state index in [0.717, 1.165) is 60.5 Å². The number of thiophene rings is 1. The second kappa shape index (κ2) is 7.56. The van der Waals surface area contributed by atoms with Crippen molar-refractivity contribution in [3.8, 4) is 11.4 Å². The minimum atomic E-state index is 0.141. The minimum Gasteiger partial charge on any atom is -0.302 e. The standard InChI is InChI=1S/C22H27N3OS/c1-4-24(5-2)13-14-25-20(16-11-9-15(3)10-12-16)23-21-19(22(25)26)17-7-6-8-18(17)27-21/h9-12H,4-8,13-14H2,1-3H3. The molecule has 1 aliphatic rings. The molecule has 5 heteroatoms. The van der Waals surface area contributed by atoms with Crippen molar-refractivity contribution < 1.29 is 0 Å². The Morgan fingerprint density at radius 3 is 2.59 bits per heavy atom. The molecular formula is C22H27N3OS. The van der Waals surface area contributed by atoms with Crippen molar-refractivity contribution in [2.75, 3.05) is 19.6 Å². The summed E-state index contributed by atoms with van der Waals surface area (Å²) in [6.07, 6.45) is 3.27. The van der Waals surface area contributed by atoms with Crippen LogP contribution in [0.1, 0.15) is 36.3 Å². The molecule has 0 aliphatic heterocycles. The third-order valence-electron chi connectivity index (χ3n) is 5.67. The Morgan fingerprint density at radius 1 is 1.15 bits per heavy atom. The largest absolute Gasteiger partial charge is 0.302 e. The summed E-state index contributed by atoms with van der Waals surface area (Å²) < 4.78 is 1.91. The Morgan fingerprint density at radius 2 is 1.89 bits per heavy atom. The first-order chi connectivity index (χ1) is 13.1.